The van der Waals surface area contributed by atoms with Crippen LogP contribution in [0, 0.1) is 0 Å². The molecule has 0 bridgehead atoms. The van der Waals surface area contributed by atoms with Gasteiger partial charge in [0.1, 0.15) is 0 Å². The number of allylic oxidation sites excluding steroid dienone is 7. The van der Waals surface area contributed by atoms with Crippen molar-refractivity contribution in [1.82, 2.24) is 0 Å². The molecule has 0 heterocycles. The van der Waals surface area contributed by atoms with Gasteiger partial charge in [-0.1, -0.05) is 64.3 Å². The molecule has 0 heteroatoms. The average Bonchev–Trinajstić information content (AvgIpc) is 2.15. The first-order valence-corrected chi connectivity index (χ1v) is 4.43. The minimum Gasteiger partial charge on any atom is -0.0991 e. The lowest BCUT2D eigenvalue weighted by molar-refractivity contribution is 1.50. The summed E-state index contributed by atoms with van der Waals surface area (Å²) in [6.07, 6.45) is 11.8. The number of hydrogen-bond acceptors (Lipinski definition) is 0. The van der Waals surface area contributed by atoms with E-state index in [9.17, 15) is 0 Å². The zero-order chi connectivity index (χ0) is 9.82. The summed E-state index contributed by atoms with van der Waals surface area (Å²) in [5, 5.41) is 0. The third-order valence-electron chi connectivity index (χ3n) is 1.12. The first kappa shape index (κ1) is 17.9. The summed E-state index contributed by atoms with van der Waals surface area (Å²) in [5.74, 6) is 0. The van der Waals surface area contributed by atoms with Gasteiger partial charge in [0.05, 0.1) is 0 Å². The lowest BCUT2D eigenvalue weighted by Crippen LogP contribution is -1.66. The predicted molar refractivity (Wildman–Crippen MR) is 66.0 cm³/mol. The molecular weight excluding hydrogens is 156 g/mol. The van der Waals surface area contributed by atoms with Gasteiger partial charge in [0.2, 0.25) is 0 Å². The minimum absolute atomic E-state index is 0. The van der Waals surface area contributed by atoms with Crippen molar-refractivity contribution < 1.29 is 0 Å². The van der Waals surface area contributed by atoms with Gasteiger partial charge in [0, 0.05) is 0 Å². The van der Waals surface area contributed by atoms with Crippen LogP contribution < -0.4 is 0 Å². The van der Waals surface area contributed by atoms with Crippen molar-refractivity contribution >= 4 is 0 Å². The third-order valence-corrected chi connectivity index (χ3v) is 1.12. The van der Waals surface area contributed by atoms with Crippen LogP contribution in [0.5, 0.6) is 0 Å². The Morgan fingerprint density at radius 1 is 1.08 bits per heavy atom. The van der Waals surface area contributed by atoms with E-state index in [2.05, 4.69) is 18.7 Å². The molecule has 0 saturated heterocycles. The van der Waals surface area contributed by atoms with Gasteiger partial charge in [-0.05, 0) is 19.4 Å². The monoisotopic (exact) mass is 180 g/mol. The van der Waals surface area contributed by atoms with E-state index >= 15 is 0 Å². The fourth-order valence-electron chi connectivity index (χ4n) is 0.620. The van der Waals surface area contributed by atoms with Gasteiger partial charge in [0.25, 0.3) is 0 Å². The van der Waals surface area contributed by atoms with E-state index < -0.39 is 0 Å². The molecule has 0 radical (unpaired) electrons. The molecule has 0 aliphatic carbocycles. The lowest BCUT2D eigenvalue weighted by Gasteiger charge is -1.87. The maximum absolute atomic E-state index is 3.59. The topological polar surface area (TPSA) is 0 Å². The van der Waals surface area contributed by atoms with E-state index in [1.54, 1.807) is 6.08 Å². The van der Waals surface area contributed by atoms with Gasteiger partial charge in [0.15, 0.2) is 0 Å². The van der Waals surface area contributed by atoms with Crippen LogP contribution in [-0.2, 0) is 0 Å². The van der Waals surface area contributed by atoms with Crippen LogP contribution >= 0.6 is 0 Å². The molecule has 0 atom stereocenters. The Hall–Kier alpha value is -1.04. The maximum Gasteiger partial charge on any atom is -0.0303 e. The average molecular weight is 180 g/mol. The Morgan fingerprint density at radius 2 is 1.62 bits per heavy atom. The fraction of sp³-hybridized carbons (Fsp3) is 0.385. The summed E-state index contributed by atoms with van der Waals surface area (Å²) >= 11 is 0. The Labute approximate surface area is 84.4 Å². The van der Waals surface area contributed by atoms with Gasteiger partial charge >= 0.3 is 0 Å². The van der Waals surface area contributed by atoms with Crippen molar-refractivity contribution in [2.24, 2.45) is 0 Å². The molecule has 0 unspecified atom stereocenters. The van der Waals surface area contributed by atoms with Crippen LogP contribution in [-0.4, -0.2) is 0 Å². The van der Waals surface area contributed by atoms with E-state index in [1.165, 1.54) is 5.57 Å². The van der Waals surface area contributed by atoms with Crippen molar-refractivity contribution in [2.75, 3.05) is 0 Å². The maximum atomic E-state index is 3.59. The van der Waals surface area contributed by atoms with Crippen LogP contribution in [0.2, 0.25) is 0 Å². The second-order valence-electron chi connectivity index (χ2n) is 1.88. The van der Waals surface area contributed by atoms with E-state index in [1.807, 2.05) is 45.9 Å². The second-order valence-corrected chi connectivity index (χ2v) is 1.88. The fourth-order valence-corrected chi connectivity index (χ4v) is 0.620. The zero-order valence-electron chi connectivity index (χ0n) is 8.67. The highest BCUT2D eigenvalue weighted by molar-refractivity contribution is 5.31. The molecule has 0 aromatic carbocycles. The normalized spacial score (nSPS) is 10.6. The molecule has 0 spiro atoms. The molecule has 0 aromatic heterocycles. The van der Waals surface area contributed by atoms with E-state index in [0.717, 1.165) is 0 Å². The first-order valence-electron chi connectivity index (χ1n) is 4.43. The van der Waals surface area contributed by atoms with Crippen LogP contribution in [0.3, 0.4) is 0 Å². The van der Waals surface area contributed by atoms with E-state index in [0.29, 0.717) is 0 Å². The smallest absolute Gasteiger partial charge is 0.0303 e. The summed E-state index contributed by atoms with van der Waals surface area (Å²) < 4.78 is 0. The Morgan fingerprint density at radius 3 is 1.92 bits per heavy atom. The summed E-state index contributed by atoms with van der Waals surface area (Å²) in [5.41, 5.74) is 1.21. The molecule has 0 aliphatic rings. The highest BCUT2D eigenvalue weighted by Gasteiger charge is 1.77. The van der Waals surface area contributed by atoms with E-state index in [-0.39, 0.29) is 7.43 Å². The summed E-state index contributed by atoms with van der Waals surface area (Å²) in [6.45, 7) is 11.6. The first-order chi connectivity index (χ1) is 5.85. The number of rotatable bonds is 3. The lowest BCUT2D eigenvalue weighted by atomic mass is 10.2. The molecule has 0 nitrogen and oxygen atoms in total. The molecule has 0 aromatic rings. The zero-order valence-corrected chi connectivity index (χ0v) is 8.67. The van der Waals surface area contributed by atoms with Gasteiger partial charge in [-0.15, -0.1) is 0 Å². The molecule has 0 rings (SSSR count). The van der Waals surface area contributed by atoms with Crippen LogP contribution in [0.4, 0.5) is 0 Å². The van der Waals surface area contributed by atoms with Crippen LogP contribution in [0.1, 0.15) is 35.1 Å². The highest BCUT2D eigenvalue weighted by atomic mass is 13.8. The Bertz CT molecular complexity index is 168. The van der Waals surface area contributed by atoms with Crippen LogP contribution in [0.15, 0.2) is 48.6 Å². The molecule has 76 valence electrons. The summed E-state index contributed by atoms with van der Waals surface area (Å²) in [7, 11) is 0. The van der Waals surface area contributed by atoms with Crippen molar-refractivity contribution in [2.45, 2.75) is 35.1 Å². The third kappa shape index (κ3) is 13.9. The van der Waals surface area contributed by atoms with Crippen molar-refractivity contribution in [3.05, 3.63) is 48.6 Å². The van der Waals surface area contributed by atoms with Gasteiger partial charge < -0.3 is 0 Å². The molecule has 0 N–H and O–H groups in total. The standard InChI is InChI=1S/C10H14.C2H6.CH4/c1-4-7-9-10(6-3)8-5-2;1-2;/h4-9H,1H2,2-3H3;1-2H3;1H4/b8-5+,9-7-,10-6-;;. The van der Waals surface area contributed by atoms with Crippen molar-refractivity contribution in [1.29, 1.82) is 0 Å². The molecule has 0 fully saturated rings. The number of hydrogen-bond donors (Lipinski definition) is 0. The highest BCUT2D eigenvalue weighted by Crippen LogP contribution is 1.98. The molecule has 0 amide bonds. The SMILES string of the molecule is C.C=C\C=C/C(=C\C)/C=C/C.CC. The molecule has 0 saturated carbocycles. The van der Waals surface area contributed by atoms with Crippen molar-refractivity contribution in [3.8, 4) is 0 Å². The molecule has 0 aliphatic heterocycles. The summed E-state index contributed by atoms with van der Waals surface area (Å²) in [4.78, 5) is 0. The largest absolute Gasteiger partial charge is 0.0991 e. The van der Waals surface area contributed by atoms with Gasteiger partial charge in [-0.3, -0.25) is 0 Å². The quantitative estimate of drug-likeness (QED) is 0.541. The molecular formula is C13H24. The minimum atomic E-state index is 0. The van der Waals surface area contributed by atoms with Gasteiger partial charge in [-0.2, -0.15) is 0 Å². The summed E-state index contributed by atoms with van der Waals surface area (Å²) in [6, 6.07) is 0. The Kier molecular flexibility index (Phi) is 23.6. The Balaban J connectivity index is -0.000000309. The van der Waals surface area contributed by atoms with Gasteiger partial charge in [-0.25, -0.2) is 0 Å². The second kappa shape index (κ2) is 17.2. The van der Waals surface area contributed by atoms with Crippen LogP contribution in [0.25, 0.3) is 0 Å². The van der Waals surface area contributed by atoms with E-state index in [4.69, 9.17) is 0 Å². The molecule has 13 heavy (non-hydrogen) atoms. The predicted octanol–water partition coefficient (Wildman–Crippen LogP) is 4.91. The van der Waals surface area contributed by atoms with Crippen molar-refractivity contribution in [3.63, 3.8) is 0 Å².